The van der Waals surface area contributed by atoms with E-state index in [1.54, 1.807) is 38.4 Å². The van der Waals surface area contributed by atoms with Gasteiger partial charge >= 0.3 is 18.3 Å². The Balaban J connectivity index is 0.000000284. The fourth-order valence-electron chi connectivity index (χ4n) is 5.21. The molecule has 6 rings (SSSR count). The molecule has 16 heteroatoms. The Morgan fingerprint density at radius 3 is 1.63 bits per heavy atom. The standard InChI is InChI=1S/C17H18F3N3O.C9H10F3N.C8H10N2O2.CH3F.CH4/c1-10-12(4-3-5-13(10)17(18,19)20)9-21-16(24)15-8-14(11-6-7-11)22-23(15)2;1-6-7(5-13)3-2-4-8(6)9(10,11)12;1-10-7(8(11)12)4-6(9-10)5-2-3-5;1-2;/h3-5,8,11H,6-7,9H2,1-2H3,(H,21,24);2-4H,5,13H2,1H3;4-5H,2-3H2,1H3,(H,11,12);1H3;1H4/i;;;1D;. The van der Waals surface area contributed by atoms with Crippen LogP contribution in [0.5, 0.6) is 0 Å². The molecule has 4 N–H and O–H groups in total. The fourth-order valence-corrected chi connectivity index (χ4v) is 5.21. The zero-order chi connectivity index (χ0) is 39.0. The maximum atomic E-state index is 12.9. The lowest BCUT2D eigenvalue weighted by atomic mass is 10.0. The number of nitrogens with one attached hydrogen (secondary N) is 1. The highest BCUT2D eigenvalue weighted by Gasteiger charge is 2.34. The van der Waals surface area contributed by atoms with Crippen LogP contribution in [-0.4, -0.2) is 43.7 Å². The van der Waals surface area contributed by atoms with Gasteiger partial charge in [-0.3, -0.25) is 18.5 Å². The molecule has 2 aliphatic carbocycles. The number of nitrogens with two attached hydrogens (primary N) is 1. The van der Waals surface area contributed by atoms with Crippen LogP contribution >= 0.6 is 0 Å². The molecule has 2 aliphatic rings. The maximum Gasteiger partial charge on any atom is 0.416 e. The molecule has 286 valence electrons. The Bertz CT molecular complexity index is 1830. The number of nitrogens with zero attached hydrogens (tertiary/aromatic N) is 4. The Morgan fingerprint density at radius 1 is 0.846 bits per heavy atom. The van der Waals surface area contributed by atoms with Crippen molar-refractivity contribution in [3.63, 3.8) is 0 Å². The third kappa shape index (κ3) is 11.4. The SMILES string of the molecule is C.Cc1c(CN)cccc1C(F)(F)F.Cc1c(CNC(=O)c2cc(C3CC3)nn2C)cccc1C(F)(F)F.Cn1nc(C2CC2)cc1C(=O)O.[2H]CF. The summed E-state index contributed by atoms with van der Waals surface area (Å²) < 4.78 is 94.2. The quantitative estimate of drug-likeness (QED) is 0.164. The zero-order valence-corrected chi connectivity index (χ0v) is 28.5. The zero-order valence-electron chi connectivity index (χ0n) is 29.5. The molecule has 2 aromatic heterocycles. The summed E-state index contributed by atoms with van der Waals surface area (Å²) >= 11 is 0. The lowest BCUT2D eigenvalue weighted by Gasteiger charge is -2.14. The normalized spacial score (nSPS) is 13.9. The second-order valence-corrected chi connectivity index (χ2v) is 12.1. The molecule has 0 aliphatic heterocycles. The number of halogens is 7. The molecule has 4 aromatic rings. The number of amides is 1. The first-order valence-electron chi connectivity index (χ1n) is 16.5. The van der Waals surface area contributed by atoms with Gasteiger partial charge in [0.05, 0.1) is 31.0 Å². The van der Waals surface area contributed by atoms with Gasteiger partial charge in [0.25, 0.3) is 5.91 Å². The first kappa shape index (κ1) is 41.7. The van der Waals surface area contributed by atoms with E-state index in [1.165, 1.54) is 35.3 Å². The van der Waals surface area contributed by atoms with Gasteiger partial charge in [0.2, 0.25) is 0 Å². The van der Waals surface area contributed by atoms with Gasteiger partial charge in [0.1, 0.15) is 11.4 Å². The molecule has 0 atom stereocenters. The van der Waals surface area contributed by atoms with E-state index in [0.717, 1.165) is 49.2 Å². The number of alkyl halides is 7. The number of aryl methyl sites for hydroxylation is 2. The van der Waals surface area contributed by atoms with Gasteiger partial charge in [-0.2, -0.15) is 36.5 Å². The molecule has 9 nitrogen and oxygen atoms in total. The first-order chi connectivity index (χ1) is 24.3. The van der Waals surface area contributed by atoms with Gasteiger partial charge in [0.15, 0.2) is 0 Å². The maximum absolute atomic E-state index is 12.9. The van der Waals surface area contributed by atoms with Crippen LogP contribution in [0.15, 0.2) is 48.5 Å². The average Bonchev–Trinajstić information content (AvgIpc) is 4.00. The number of benzene rings is 2. The van der Waals surface area contributed by atoms with Gasteiger partial charge in [0, 0.05) is 39.0 Å². The largest absolute Gasteiger partial charge is 0.477 e. The number of carbonyl (C=O) groups excluding carboxylic acids is 1. The lowest BCUT2D eigenvalue weighted by molar-refractivity contribution is -0.138. The van der Waals surface area contributed by atoms with Gasteiger partial charge in [-0.05, 0) is 86.1 Å². The minimum absolute atomic E-state index is 0. The van der Waals surface area contributed by atoms with E-state index >= 15 is 0 Å². The van der Waals surface area contributed by atoms with Crippen molar-refractivity contribution in [3.8, 4) is 0 Å². The molecule has 0 saturated heterocycles. The predicted molar refractivity (Wildman–Crippen MR) is 183 cm³/mol. The summed E-state index contributed by atoms with van der Waals surface area (Å²) in [5.41, 5.74) is 7.88. The minimum atomic E-state index is -4.40. The summed E-state index contributed by atoms with van der Waals surface area (Å²) in [4.78, 5) is 22.9. The summed E-state index contributed by atoms with van der Waals surface area (Å²) in [7, 11) is 2.35. The second kappa shape index (κ2) is 18.2. The smallest absolute Gasteiger partial charge is 0.416 e. The van der Waals surface area contributed by atoms with Gasteiger partial charge in [-0.1, -0.05) is 31.7 Å². The molecule has 2 saturated carbocycles. The fraction of sp³-hybridized carbons (Fsp3) is 0.444. The van der Waals surface area contributed by atoms with Crippen molar-refractivity contribution in [2.75, 3.05) is 7.15 Å². The van der Waals surface area contributed by atoms with Crippen molar-refractivity contribution in [1.29, 1.82) is 0 Å². The van der Waals surface area contributed by atoms with E-state index in [4.69, 9.17) is 12.2 Å². The van der Waals surface area contributed by atoms with Crippen LogP contribution in [0.25, 0.3) is 0 Å². The highest BCUT2D eigenvalue weighted by Crippen LogP contribution is 2.40. The van der Waals surface area contributed by atoms with Crippen LogP contribution in [0.1, 0.15) is 112 Å². The van der Waals surface area contributed by atoms with Crippen LogP contribution in [0.3, 0.4) is 0 Å². The summed E-state index contributed by atoms with van der Waals surface area (Å²) in [6.07, 6.45) is -4.21. The number of carboxylic acids is 1. The van der Waals surface area contributed by atoms with E-state index in [0.29, 0.717) is 28.7 Å². The van der Waals surface area contributed by atoms with Crippen molar-refractivity contribution in [3.05, 3.63) is 105 Å². The van der Waals surface area contributed by atoms with Crippen LogP contribution in [0, 0.1) is 13.8 Å². The van der Waals surface area contributed by atoms with Gasteiger partial charge in [-0.15, -0.1) is 0 Å². The molecule has 0 spiro atoms. The predicted octanol–water partition coefficient (Wildman–Crippen LogP) is 8.24. The summed E-state index contributed by atoms with van der Waals surface area (Å²) in [5.74, 6) is -0.293. The molecule has 2 heterocycles. The topological polar surface area (TPSA) is 128 Å². The molecule has 0 bridgehead atoms. The number of aromatic carboxylic acids is 1. The number of rotatable bonds is 7. The third-order valence-corrected chi connectivity index (χ3v) is 8.40. The number of aromatic nitrogens is 4. The lowest BCUT2D eigenvalue weighted by Crippen LogP contribution is -2.25. The highest BCUT2D eigenvalue weighted by molar-refractivity contribution is 5.92. The number of hydrogen-bond acceptors (Lipinski definition) is 5. The Hall–Kier alpha value is -4.73. The van der Waals surface area contributed by atoms with Crippen molar-refractivity contribution in [1.82, 2.24) is 24.9 Å². The molecule has 0 radical (unpaired) electrons. The Labute approximate surface area is 299 Å². The van der Waals surface area contributed by atoms with Crippen molar-refractivity contribution < 1.29 is 46.8 Å². The number of hydrogen-bond donors (Lipinski definition) is 3. The Morgan fingerprint density at radius 2 is 1.25 bits per heavy atom. The first-order valence-corrected chi connectivity index (χ1v) is 15.8. The van der Waals surface area contributed by atoms with E-state index < -0.39 is 36.6 Å². The highest BCUT2D eigenvalue weighted by atomic mass is 19.4. The minimum Gasteiger partial charge on any atom is -0.477 e. The average molecular weight is 744 g/mol. The molecule has 2 fully saturated rings. The number of carbonyl (C=O) groups is 2. The van der Waals surface area contributed by atoms with Crippen LogP contribution in [0.2, 0.25) is 0 Å². The molecular weight excluding hydrogens is 697 g/mol. The molecule has 0 unspecified atom stereocenters. The monoisotopic (exact) mass is 743 g/mol. The molecular formula is C36H45F7N6O3. The van der Waals surface area contributed by atoms with E-state index in [1.807, 2.05) is 0 Å². The van der Waals surface area contributed by atoms with Gasteiger partial charge in [-0.25, -0.2) is 4.79 Å². The molecule has 2 aromatic carbocycles. The van der Waals surface area contributed by atoms with E-state index in [9.17, 15) is 40.3 Å². The van der Waals surface area contributed by atoms with Crippen molar-refractivity contribution in [2.45, 2.75) is 84.2 Å². The van der Waals surface area contributed by atoms with E-state index in [2.05, 4.69) is 15.5 Å². The Kier molecular flexibility index (Phi) is 14.6. The molecule has 52 heavy (non-hydrogen) atoms. The third-order valence-electron chi connectivity index (χ3n) is 8.40. The van der Waals surface area contributed by atoms with Crippen LogP contribution in [-0.2, 0) is 39.5 Å². The second-order valence-electron chi connectivity index (χ2n) is 12.1. The number of carboxylic acid groups (broad SMARTS) is 1. The van der Waals surface area contributed by atoms with Crippen molar-refractivity contribution >= 4 is 11.9 Å². The van der Waals surface area contributed by atoms with Gasteiger partial charge < -0.3 is 16.2 Å². The summed E-state index contributed by atoms with van der Waals surface area (Å²) in [5, 5.41) is 19.9. The summed E-state index contributed by atoms with van der Waals surface area (Å²) in [6.45, 7) is 3.03. The summed E-state index contributed by atoms with van der Waals surface area (Å²) in [6, 6.07) is 11.4. The van der Waals surface area contributed by atoms with E-state index in [-0.39, 0.29) is 43.2 Å². The van der Waals surface area contributed by atoms with Crippen LogP contribution in [0.4, 0.5) is 30.7 Å². The molecule has 1 amide bonds. The van der Waals surface area contributed by atoms with Crippen LogP contribution < -0.4 is 11.1 Å². The van der Waals surface area contributed by atoms with Crippen molar-refractivity contribution in [2.24, 2.45) is 19.8 Å².